The Morgan fingerprint density at radius 1 is 1.17 bits per heavy atom. The number of Topliss-reactive ketones (excluding diaryl/α,β-unsaturated/α-hetero) is 1. The monoisotopic (exact) mass is 261 g/mol. The van der Waals surface area contributed by atoms with Crippen molar-refractivity contribution in [1.82, 2.24) is 0 Å². The molecule has 0 saturated carbocycles. The fourth-order valence-corrected chi connectivity index (χ4v) is 1.72. The molecule has 1 saturated heterocycles. The van der Waals surface area contributed by atoms with Crippen molar-refractivity contribution in [2.45, 2.75) is 12.6 Å². The largest absolute Gasteiger partial charge is 0.419 e. The third kappa shape index (κ3) is 2.07. The summed E-state index contributed by atoms with van der Waals surface area (Å²) in [6.07, 6.45) is -4.88. The first-order valence-electron chi connectivity index (χ1n) is 5.02. The Balaban J connectivity index is 2.42. The number of amides is 1. The molecule has 1 aromatic rings. The van der Waals surface area contributed by atoms with Gasteiger partial charge in [-0.2, -0.15) is 13.2 Å². The number of benzene rings is 1. The number of ketones is 1. The molecule has 1 heterocycles. The summed E-state index contributed by atoms with van der Waals surface area (Å²) in [5, 5.41) is 0. The lowest BCUT2D eigenvalue weighted by molar-refractivity contribution is -0.140. The zero-order chi connectivity index (χ0) is 13.5. The average Bonchev–Trinajstić information content (AvgIpc) is 2.59. The van der Waals surface area contributed by atoms with E-state index in [1.807, 2.05) is 0 Å². The number of rotatable bonds is 1. The van der Waals surface area contributed by atoms with Crippen LogP contribution in [0.1, 0.15) is 12.0 Å². The van der Waals surface area contributed by atoms with Crippen molar-refractivity contribution in [2.75, 3.05) is 11.4 Å². The highest BCUT2D eigenvalue weighted by atomic mass is 19.4. The summed E-state index contributed by atoms with van der Waals surface area (Å²) in [6, 6.07) is 2.21. The van der Waals surface area contributed by atoms with Gasteiger partial charge in [-0.3, -0.25) is 9.59 Å². The molecule has 0 aromatic heterocycles. The van der Waals surface area contributed by atoms with E-state index in [1.54, 1.807) is 0 Å². The van der Waals surface area contributed by atoms with Gasteiger partial charge >= 0.3 is 6.18 Å². The molecule has 18 heavy (non-hydrogen) atoms. The third-order valence-corrected chi connectivity index (χ3v) is 2.61. The van der Waals surface area contributed by atoms with Crippen LogP contribution in [0.25, 0.3) is 0 Å². The van der Waals surface area contributed by atoms with Gasteiger partial charge in [-0.25, -0.2) is 4.39 Å². The van der Waals surface area contributed by atoms with Crippen LogP contribution in [-0.4, -0.2) is 18.2 Å². The quantitative estimate of drug-likeness (QED) is 0.573. The second-order valence-electron chi connectivity index (χ2n) is 3.79. The Hall–Kier alpha value is -1.92. The van der Waals surface area contributed by atoms with Gasteiger partial charge < -0.3 is 4.90 Å². The fourth-order valence-electron chi connectivity index (χ4n) is 1.72. The summed E-state index contributed by atoms with van der Waals surface area (Å²) in [5.74, 6) is -2.94. The van der Waals surface area contributed by atoms with Crippen molar-refractivity contribution in [2.24, 2.45) is 0 Å². The molecule has 0 atom stereocenters. The minimum absolute atomic E-state index is 0.0145. The summed E-state index contributed by atoms with van der Waals surface area (Å²) in [4.78, 5) is 23.3. The van der Waals surface area contributed by atoms with Crippen LogP contribution in [0.5, 0.6) is 0 Å². The maximum atomic E-state index is 13.0. The van der Waals surface area contributed by atoms with E-state index < -0.39 is 29.2 Å². The molecule has 1 amide bonds. The normalized spacial score (nSPS) is 16.6. The molecule has 0 aliphatic carbocycles. The predicted octanol–water partition coefficient (Wildman–Crippen LogP) is 2.15. The highest BCUT2D eigenvalue weighted by Crippen LogP contribution is 2.34. The summed E-state index contributed by atoms with van der Waals surface area (Å²) in [7, 11) is 0. The number of alkyl halides is 3. The second kappa shape index (κ2) is 4.08. The van der Waals surface area contributed by atoms with E-state index in [1.165, 1.54) is 0 Å². The Morgan fingerprint density at radius 3 is 2.33 bits per heavy atom. The zero-order valence-corrected chi connectivity index (χ0v) is 8.92. The number of halogens is 4. The van der Waals surface area contributed by atoms with Gasteiger partial charge in [-0.15, -0.1) is 0 Å². The summed E-state index contributed by atoms with van der Waals surface area (Å²) < 4.78 is 50.5. The van der Waals surface area contributed by atoms with Crippen molar-refractivity contribution in [3.05, 3.63) is 29.6 Å². The minimum Gasteiger partial charge on any atom is -0.305 e. The van der Waals surface area contributed by atoms with E-state index in [4.69, 9.17) is 0 Å². The van der Waals surface area contributed by atoms with Crippen LogP contribution in [0, 0.1) is 5.82 Å². The van der Waals surface area contributed by atoms with Gasteiger partial charge in [0.05, 0.1) is 5.56 Å². The molecule has 0 bridgehead atoms. The van der Waals surface area contributed by atoms with Gasteiger partial charge in [0, 0.05) is 18.7 Å². The molecule has 0 unspecified atom stereocenters. The van der Waals surface area contributed by atoms with Gasteiger partial charge in [-0.1, -0.05) is 0 Å². The number of carbonyl (C=O) groups excluding carboxylic acids is 2. The van der Waals surface area contributed by atoms with Crippen molar-refractivity contribution in [3.8, 4) is 0 Å². The number of hydrogen-bond donors (Lipinski definition) is 0. The van der Waals surface area contributed by atoms with E-state index in [-0.39, 0.29) is 18.7 Å². The summed E-state index contributed by atoms with van der Waals surface area (Å²) in [5.41, 5.74) is -1.58. The zero-order valence-electron chi connectivity index (χ0n) is 8.92. The van der Waals surface area contributed by atoms with Crippen LogP contribution in [0.2, 0.25) is 0 Å². The lowest BCUT2D eigenvalue weighted by Crippen LogP contribution is -2.27. The summed E-state index contributed by atoms with van der Waals surface area (Å²) >= 11 is 0. The van der Waals surface area contributed by atoms with Crippen LogP contribution in [0.4, 0.5) is 23.2 Å². The van der Waals surface area contributed by atoms with Crippen LogP contribution < -0.4 is 4.90 Å². The van der Waals surface area contributed by atoms with Crippen molar-refractivity contribution in [3.63, 3.8) is 0 Å². The topological polar surface area (TPSA) is 37.4 Å². The smallest absolute Gasteiger partial charge is 0.305 e. The minimum atomic E-state index is -4.84. The molecule has 3 nitrogen and oxygen atoms in total. The molecule has 2 rings (SSSR count). The van der Waals surface area contributed by atoms with Gasteiger partial charge in [0.2, 0.25) is 5.78 Å². The standard InChI is InChI=1S/C11H7F4NO2/c12-8-2-1-6(5-7(8)11(13,14)15)16-4-3-9(17)10(16)18/h1-2,5H,3-4H2. The molecule has 0 spiro atoms. The molecule has 7 heteroatoms. The fraction of sp³-hybridized carbons (Fsp3) is 0.273. The molecule has 1 fully saturated rings. The average molecular weight is 261 g/mol. The van der Waals surface area contributed by atoms with Crippen molar-refractivity contribution in [1.29, 1.82) is 0 Å². The maximum absolute atomic E-state index is 13.0. The number of nitrogens with zero attached hydrogens (tertiary/aromatic N) is 1. The van der Waals surface area contributed by atoms with Crippen LogP contribution in [-0.2, 0) is 15.8 Å². The van der Waals surface area contributed by atoms with E-state index in [9.17, 15) is 27.2 Å². The first kappa shape index (κ1) is 12.5. The first-order valence-corrected chi connectivity index (χ1v) is 5.02. The van der Waals surface area contributed by atoms with Crippen molar-refractivity contribution < 1.29 is 27.2 Å². The van der Waals surface area contributed by atoms with Gasteiger partial charge in [-0.05, 0) is 18.2 Å². The molecular weight excluding hydrogens is 254 g/mol. The molecule has 1 aromatic carbocycles. The van der Waals surface area contributed by atoms with Crippen LogP contribution >= 0.6 is 0 Å². The van der Waals surface area contributed by atoms with E-state index in [0.29, 0.717) is 12.1 Å². The van der Waals surface area contributed by atoms with E-state index >= 15 is 0 Å². The van der Waals surface area contributed by atoms with E-state index in [0.717, 1.165) is 11.0 Å². The lowest BCUT2D eigenvalue weighted by atomic mass is 10.1. The van der Waals surface area contributed by atoms with Gasteiger partial charge in [0.15, 0.2) is 0 Å². The maximum Gasteiger partial charge on any atom is 0.419 e. The van der Waals surface area contributed by atoms with Gasteiger partial charge in [0.25, 0.3) is 5.91 Å². The molecule has 1 aliphatic rings. The predicted molar refractivity (Wildman–Crippen MR) is 53.4 cm³/mol. The van der Waals surface area contributed by atoms with Crippen LogP contribution in [0.15, 0.2) is 18.2 Å². The first-order chi connectivity index (χ1) is 8.30. The number of hydrogen-bond acceptors (Lipinski definition) is 2. The second-order valence-corrected chi connectivity index (χ2v) is 3.79. The number of anilines is 1. The Morgan fingerprint density at radius 2 is 1.83 bits per heavy atom. The van der Waals surface area contributed by atoms with Gasteiger partial charge in [0.1, 0.15) is 5.82 Å². The molecule has 96 valence electrons. The lowest BCUT2D eigenvalue weighted by Gasteiger charge is -2.17. The number of carbonyl (C=O) groups is 2. The Labute approximate surface area is 99.0 Å². The molecule has 1 aliphatic heterocycles. The summed E-state index contributed by atoms with van der Waals surface area (Å²) in [6.45, 7) is 0.0145. The highest BCUT2D eigenvalue weighted by molar-refractivity contribution is 6.43. The van der Waals surface area contributed by atoms with E-state index in [2.05, 4.69) is 0 Å². The van der Waals surface area contributed by atoms with Crippen molar-refractivity contribution >= 4 is 17.4 Å². The Bertz CT molecular complexity index is 524. The SMILES string of the molecule is O=C1CCN(c2ccc(F)c(C(F)(F)F)c2)C1=O. The molecular formula is C11H7F4NO2. The molecule has 0 N–H and O–H groups in total. The highest BCUT2D eigenvalue weighted by Gasteiger charge is 2.36. The molecule has 0 radical (unpaired) electrons. The van der Waals surface area contributed by atoms with Crippen LogP contribution in [0.3, 0.4) is 0 Å². The third-order valence-electron chi connectivity index (χ3n) is 2.61. The Kier molecular flexibility index (Phi) is 2.84.